The molecule has 0 spiro atoms. The van der Waals surface area contributed by atoms with Crippen molar-refractivity contribution >= 4 is 29.7 Å². The van der Waals surface area contributed by atoms with Gasteiger partial charge in [0.2, 0.25) is 0 Å². The summed E-state index contributed by atoms with van der Waals surface area (Å²) in [6.07, 6.45) is 10.7. The Kier molecular flexibility index (Phi) is 12.6. The van der Waals surface area contributed by atoms with Crippen LogP contribution in [0.4, 0.5) is 5.69 Å². The van der Waals surface area contributed by atoms with Crippen LogP contribution in [0.3, 0.4) is 0 Å². The Morgan fingerprint density at radius 1 is 1.14 bits per heavy atom. The summed E-state index contributed by atoms with van der Waals surface area (Å²) in [6, 6.07) is 6.09. The van der Waals surface area contributed by atoms with Crippen molar-refractivity contribution < 1.29 is 19.6 Å². The van der Waals surface area contributed by atoms with Crippen LogP contribution in [-0.4, -0.2) is 40.6 Å². The molecule has 0 bridgehead atoms. The third-order valence-electron chi connectivity index (χ3n) is 4.02. The second-order valence-corrected chi connectivity index (χ2v) is 7.47. The number of rotatable bonds is 16. The van der Waals surface area contributed by atoms with Crippen molar-refractivity contribution in [2.24, 2.45) is 0 Å². The standard InChI is InChI=1S/C20H28N2O5S/c23-14-8-6-4-2-1-3-5-7-13-21-17(15-20(24)25)16-28-19-11-9-18(10-12-19)22(26)27/h3,5,9-12,14,17,21H,1-2,4,6-8,13,15-16H2,(H,24,25)/b5-3+/t17-/m0/s1. The number of carboxylic acid groups (broad SMARTS) is 1. The zero-order chi connectivity index (χ0) is 20.6. The van der Waals surface area contributed by atoms with Gasteiger partial charge < -0.3 is 15.2 Å². The monoisotopic (exact) mass is 408 g/mol. The molecule has 0 heterocycles. The van der Waals surface area contributed by atoms with E-state index >= 15 is 0 Å². The number of aldehydes is 1. The van der Waals surface area contributed by atoms with Gasteiger partial charge in [-0.2, -0.15) is 0 Å². The smallest absolute Gasteiger partial charge is 0.304 e. The lowest BCUT2D eigenvalue weighted by molar-refractivity contribution is -0.384. The second kappa shape index (κ2) is 14.8. The van der Waals surface area contributed by atoms with Crippen LogP contribution in [0.25, 0.3) is 0 Å². The van der Waals surface area contributed by atoms with Crippen molar-refractivity contribution in [1.82, 2.24) is 5.32 Å². The normalized spacial score (nSPS) is 12.1. The minimum atomic E-state index is -0.854. The molecule has 2 N–H and O–H groups in total. The van der Waals surface area contributed by atoms with Crippen LogP contribution in [0, 0.1) is 10.1 Å². The fraction of sp³-hybridized carbons (Fsp3) is 0.500. The van der Waals surface area contributed by atoms with Crippen LogP contribution in [0.5, 0.6) is 0 Å². The molecule has 0 radical (unpaired) electrons. The molecule has 0 aliphatic rings. The van der Waals surface area contributed by atoms with Crippen molar-refractivity contribution in [2.75, 3.05) is 12.3 Å². The average molecular weight is 409 g/mol. The zero-order valence-electron chi connectivity index (χ0n) is 15.9. The number of carboxylic acids is 1. The maximum atomic E-state index is 11.1. The first-order chi connectivity index (χ1) is 13.5. The van der Waals surface area contributed by atoms with E-state index in [1.807, 2.05) is 0 Å². The molecule has 1 aromatic carbocycles. The van der Waals surface area contributed by atoms with Crippen LogP contribution >= 0.6 is 11.8 Å². The molecule has 1 aromatic rings. The highest BCUT2D eigenvalue weighted by atomic mass is 32.2. The first-order valence-corrected chi connectivity index (χ1v) is 10.4. The van der Waals surface area contributed by atoms with Crippen LogP contribution < -0.4 is 5.32 Å². The Morgan fingerprint density at radius 2 is 1.82 bits per heavy atom. The molecule has 0 saturated heterocycles. The maximum absolute atomic E-state index is 11.1. The molecule has 8 heteroatoms. The Hall–Kier alpha value is -2.19. The lowest BCUT2D eigenvalue weighted by Gasteiger charge is -2.16. The molecule has 0 aromatic heterocycles. The summed E-state index contributed by atoms with van der Waals surface area (Å²) in [4.78, 5) is 32.4. The number of carbonyl (C=O) groups is 2. The van der Waals surface area contributed by atoms with Crippen LogP contribution in [0.15, 0.2) is 41.3 Å². The molecule has 0 amide bonds. The lowest BCUT2D eigenvalue weighted by atomic mass is 10.1. The molecule has 0 fully saturated rings. The number of thioether (sulfide) groups is 1. The molecule has 0 unspecified atom stereocenters. The summed E-state index contributed by atoms with van der Waals surface area (Å²) in [6.45, 7) is 0.695. The van der Waals surface area contributed by atoms with Crippen LogP contribution in [0.2, 0.25) is 0 Å². The third-order valence-corrected chi connectivity index (χ3v) is 5.20. The third kappa shape index (κ3) is 11.5. The van der Waals surface area contributed by atoms with Gasteiger partial charge in [0.05, 0.1) is 11.3 Å². The number of benzene rings is 1. The summed E-state index contributed by atoms with van der Waals surface area (Å²) in [7, 11) is 0. The van der Waals surface area contributed by atoms with Crippen LogP contribution in [0.1, 0.15) is 44.9 Å². The van der Waals surface area contributed by atoms with Gasteiger partial charge in [0.15, 0.2) is 0 Å². The van der Waals surface area contributed by atoms with Gasteiger partial charge >= 0.3 is 5.97 Å². The Labute approximate surface area is 169 Å². The highest BCUT2D eigenvalue weighted by Gasteiger charge is 2.13. The summed E-state index contributed by atoms with van der Waals surface area (Å²) in [5.41, 5.74) is 0.0417. The number of non-ortho nitro benzene ring substituents is 1. The van der Waals surface area contributed by atoms with Gasteiger partial charge in [0.1, 0.15) is 6.29 Å². The molecule has 1 atom stereocenters. The van der Waals surface area contributed by atoms with Gasteiger partial charge in [-0.25, -0.2) is 0 Å². The van der Waals surface area contributed by atoms with Gasteiger partial charge in [-0.05, 0) is 44.4 Å². The first-order valence-electron chi connectivity index (χ1n) is 9.44. The quantitative estimate of drug-likeness (QED) is 0.105. The second-order valence-electron chi connectivity index (χ2n) is 6.38. The van der Waals surface area contributed by atoms with Gasteiger partial charge in [-0.15, -0.1) is 11.8 Å². The lowest BCUT2D eigenvalue weighted by Crippen LogP contribution is -2.34. The van der Waals surface area contributed by atoms with Crippen molar-refractivity contribution in [3.05, 3.63) is 46.5 Å². The highest BCUT2D eigenvalue weighted by molar-refractivity contribution is 7.99. The van der Waals surface area contributed by atoms with E-state index in [1.165, 1.54) is 23.9 Å². The van der Waals surface area contributed by atoms with Gasteiger partial charge in [0, 0.05) is 35.2 Å². The fourth-order valence-electron chi connectivity index (χ4n) is 2.53. The SMILES string of the molecule is O=CCCCCC/C=C/CCN[C@H](CSc1ccc([N+](=O)[O-])cc1)CC(=O)O. The molecule has 7 nitrogen and oxygen atoms in total. The van der Waals surface area contributed by atoms with E-state index in [9.17, 15) is 19.7 Å². The van der Waals surface area contributed by atoms with E-state index < -0.39 is 10.9 Å². The molecular formula is C20H28N2O5S. The first kappa shape index (κ1) is 23.8. The average Bonchev–Trinajstić information content (AvgIpc) is 2.67. The van der Waals surface area contributed by atoms with Gasteiger partial charge in [-0.1, -0.05) is 18.6 Å². The summed E-state index contributed by atoms with van der Waals surface area (Å²) in [5.74, 6) is -0.280. The molecular weight excluding hydrogens is 380 g/mol. The number of unbranched alkanes of at least 4 members (excludes halogenated alkanes) is 4. The predicted octanol–water partition coefficient (Wildman–Crippen LogP) is 4.22. The van der Waals surface area contributed by atoms with E-state index in [0.717, 1.165) is 43.3 Å². The molecule has 0 aliphatic heterocycles. The van der Waals surface area contributed by atoms with Crippen molar-refractivity contribution in [1.29, 1.82) is 0 Å². The van der Waals surface area contributed by atoms with Gasteiger partial charge in [-0.3, -0.25) is 14.9 Å². The fourth-order valence-corrected chi connectivity index (χ4v) is 3.49. The number of nitro groups is 1. The van der Waals surface area contributed by atoms with E-state index in [-0.39, 0.29) is 18.2 Å². The number of hydrogen-bond donors (Lipinski definition) is 2. The molecule has 1 rings (SSSR count). The number of hydrogen-bond acceptors (Lipinski definition) is 6. The predicted molar refractivity (Wildman–Crippen MR) is 111 cm³/mol. The number of nitro benzene ring substituents is 1. The number of nitrogens with one attached hydrogen (secondary N) is 1. The Balaban J connectivity index is 2.29. The molecule has 0 aliphatic carbocycles. The number of carbonyl (C=O) groups excluding carboxylic acids is 1. The van der Waals surface area contributed by atoms with E-state index in [1.54, 1.807) is 12.1 Å². The minimum Gasteiger partial charge on any atom is -0.481 e. The summed E-state index contributed by atoms with van der Waals surface area (Å²) < 4.78 is 0. The van der Waals surface area contributed by atoms with Crippen molar-refractivity contribution in [3.63, 3.8) is 0 Å². The Morgan fingerprint density at radius 3 is 2.46 bits per heavy atom. The summed E-state index contributed by atoms with van der Waals surface area (Å²) in [5, 5.41) is 23.0. The van der Waals surface area contributed by atoms with Gasteiger partial charge in [0.25, 0.3) is 5.69 Å². The maximum Gasteiger partial charge on any atom is 0.304 e. The van der Waals surface area contributed by atoms with Crippen LogP contribution in [-0.2, 0) is 9.59 Å². The Bertz CT molecular complexity index is 634. The number of aliphatic carboxylic acids is 1. The molecule has 154 valence electrons. The summed E-state index contributed by atoms with van der Waals surface area (Å²) >= 11 is 1.48. The highest BCUT2D eigenvalue weighted by Crippen LogP contribution is 2.22. The topological polar surface area (TPSA) is 110 Å². The van der Waals surface area contributed by atoms with E-state index in [2.05, 4.69) is 17.5 Å². The minimum absolute atomic E-state index is 0.0282. The number of allylic oxidation sites excluding steroid dienone is 1. The molecule has 28 heavy (non-hydrogen) atoms. The largest absolute Gasteiger partial charge is 0.481 e. The molecule has 0 saturated carbocycles. The van der Waals surface area contributed by atoms with E-state index in [0.29, 0.717) is 18.7 Å². The number of nitrogens with zero attached hydrogens (tertiary/aromatic N) is 1. The van der Waals surface area contributed by atoms with Crippen molar-refractivity contribution in [3.8, 4) is 0 Å². The zero-order valence-corrected chi connectivity index (χ0v) is 16.7. The van der Waals surface area contributed by atoms with E-state index in [4.69, 9.17) is 5.11 Å². The van der Waals surface area contributed by atoms with Crippen molar-refractivity contribution in [2.45, 2.75) is 55.9 Å².